The van der Waals surface area contributed by atoms with Gasteiger partial charge in [0.05, 0.1) is 74.1 Å². The van der Waals surface area contributed by atoms with E-state index in [2.05, 4.69) is 154 Å². The van der Waals surface area contributed by atoms with E-state index in [1.165, 1.54) is 77.4 Å². The summed E-state index contributed by atoms with van der Waals surface area (Å²) in [6.07, 6.45) is 10.2. The highest BCUT2D eigenvalue weighted by atomic mass is 35.7. The summed E-state index contributed by atoms with van der Waals surface area (Å²) >= 11 is 24.2. The van der Waals surface area contributed by atoms with Crippen LogP contribution in [0.5, 0.6) is 0 Å². The lowest BCUT2D eigenvalue weighted by Gasteiger charge is -2.27. The van der Waals surface area contributed by atoms with E-state index in [0.29, 0.717) is 39.3 Å². The number of anilines is 4. The molecule has 0 saturated carbocycles. The number of carbonyl (C=O) groups excluding carboxylic acids is 8. The number of hydrogen-bond acceptors (Lipinski definition) is 33. The van der Waals surface area contributed by atoms with E-state index in [0.717, 1.165) is 89.0 Å². The van der Waals surface area contributed by atoms with Crippen LogP contribution in [0.25, 0.3) is 44.1 Å². The number of Topliss-reactive ketones (excluding diaryl/α,β-unsaturated/α-hetero) is 2. The molecule has 0 spiro atoms. The number of ether oxygens (including phenoxy) is 2. The van der Waals surface area contributed by atoms with Crippen LogP contribution in [0.1, 0.15) is 114 Å². The van der Waals surface area contributed by atoms with Crippen LogP contribution in [-0.4, -0.2) is 254 Å². The number of pyridine rings is 4. The third-order valence-corrected chi connectivity index (χ3v) is 21.1. The molecule has 798 valence electrons. The number of nitrogens with zero attached hydrogens (tertiary/aromatic N) is 17. The van der Waals surface area contributed by atoms with Crippen molar-refractivity contribution in [2.75, 3.05) is 54.1 Å². The number of amides is 6. The molecule has 4 aliphatic rings. The molecule has 15 rings (SSSR count). The van der Waals surface area contributed by atoms with Gasteiger partial charge in [0, 0.05) is 217 Å². The van der Waals surface area contributed by atoms with Gasteiger partial charge in [-0.05, 0) is 139 Å². The molecule has 60 heteroatoms. The molecule has 2 aromatic carbocycles. The third-order valence-electron chi connectivity index (χ3n) is 18.9. The van der Waals surface area contributed by atoms with E-state index in [-0.39, 0.29) is 155 Å². The first-order valence-electron chi connectivity index (χ1n) is 41.9. The SMILES string of the molecule is CC(=O)c1nn(CC(=O)N2C[C@H](F)C[C@H]2C(=O)Nc2ccc(F)cn2)c2ccc(-c3cnc(C)nc3)cc12.CC(=O)c1nn(CC(=O)O)c2ccc(-c3cnc(C)nc3)cc12.CC(C)(C)OC(=O)N1C[C@H](F)C[C@H]1C(=O)Nc1ccc(F)cn1.CC(C)(C)OC(=O)N1C[C@H](F)C[C@H]1C(=O)O.CS(=O)(=O)Cl.Cl.Cl.Cn1ccnc1.Nc1ccc(F)cn1.O=C(Nc1ccc(F)cn1)[C@@H]1C[C@@H](F)CN1.S.S=S.S=S=S.S=S=S=S. The van der Waals surface area contributed by atoms with Crippen molar-refractivity contribution in [3.8, 4) is 22.3 Å². The minimum Gasteiger partial charge on any atom is -0.480 e. The molecule has 13 heterocycles. The molecule has 4 saturated heterocycles. The van der Waals surface area contributed by atoms with Crippen LogP contribution in [0.15, 0.2) is 153 Å². The summed E-state index contributed by atoms with van der Waals surface area (Å²) < 4.78 is 138. The zero-order valence-corrected chi connectivity index (χ0v) is 91.3. The van der Waals surface area contributed by atoms with Crippen LogP contribution in [0.2, 0.25) is 0 Å². The van der Waals surface area contributed by atoms with E-state index in [1.807, 2.05) is 36.0 Å². The van der Waals surface area contributed by atoms with E-state index < -0.39 is 128 Å². The summed E-state index contributed by atoms with van der Waals surface area (Å²) in [7, 11) is 6.50. The Morgan fingerprint density at radius 1 is 0.524 bits per heavy atom. The van der Waals surface area contributed by atoms with Gasteiger partial charge in [-0.1, -0.05) is 12.1 Å². The molecule has 0 bridgehead atoms. The molecule has 11 aromatic rings. The first-order valence-corrected chi connectivity index (χ1v) is 52.7. The smallest absolute Gasteiger partial charge is 0.411 e. The Morgan fingerprint density at radius 2 is 0.878 bits per heavy atom. The Balaban J connectivity index is 0.000000593. The van der Waals surface area contributed by atoms with E-state index in [1.54, 1.807) is 111 Å². The lowest BCUT2D eigenvalue weighted by Crippen LogP contribution is -2.45. The highest BCUT2D eigenvalue weighted by Gasteiger charge is 2.45. The number of ketones is 2. The predicted octanol–water partition coefficient (Wildman–Crippen LogP) is 12.3. The van der Waals surface area contributed by atoms with Gasteiger partial charge in [0.1, 0.15) is 137 Å². The Bertz CT molecular complexity index is 6430. The van der Waals surface area contributed by atoms with Gasteiger partial charge < -0.3 is 56.2 Å². The normalized spacial score (nSPS) is 16.4. The van der Waals surface area contributed by atoms with Crippen molar-refractivity contribution in [1.82, 2.24) is 89.0 Å². The summed E-state index contributed by atoms with van der Waals surface area (Å²) in [4.78, 5) is 158. The van der Waals surface area contributed by atoms with Crippen molar-refractivity contribution in [3.05, 3.63) is 200 Å². The molecule has 0 radical (unpaired) electrons. The second kappa shape index (κ2) is 63.9. The van der Waals surface area contributed by atoms with Gasteiger partial charge in [-0.15, -0.1) is 24.8 Å². The van der Waals surface area contributed by atoms with Gasteiger partial charge in [-0.2, -0.15) is 23.7 Å². The number of nitrogen functional groups attached to an aromatic ring is 1. The second-order valence-electron chi connectivity index (χ2n) is 32.6. The molecule has 6 amide bonds. The first-order chi connectivity index (χ1) is 67.7. The van der Waals surface area contributed by atoms with Gasteiger partial charge in [-0.25, -0.2) is 103 Å². The number of carbonyl (C=O) groups is 10. The molecule has 8 atom stereocenters. The van der Waals surface area contributed by atoms with Gasteiger partial charge in [0.25, 0.3) is 0 Å². The monoisotopic (exact) mass is 2320 g/mol. The fourth-order valence-electron chi connectivity index (χ4n) is 12.9. The van der Waals surface area contributed by atoms with E-state index in [9.17, 15) is 91.5 Å². The molecular weight excluding hydrogens is 2220 g/mol. The number of likely N-dealkylation sites (tertiary alicyclic amines) is 3. The second-order valence-corrected chi connectivity index (χ2v) is 40.9. The van der Waals surface area contributed by atoms with Crippen LogP contribution in [0, 0.1) is 37.1 Å². The number of benzene rings is 2. The molecule has 0 aliphatic carbocycles. The number of hydrogen-bond donors (Lipinski definition) is 7. The van der Waals surface area contributed by atoms with Crippen molar-refractivity contribution in [2.45, 2.75) is 168 Å². The molecule has 4 aliphatic heterocycles. The number of fused-ring (bicyclic) bond motifs is 2. The van der Waals surface area contributed by atoms with Crippen LogP contribution in [0.3, 0.4) is 0 Å². The third kappa shape index (κ3) is 46.4. The van der Waals surface area contributed by atoms with E-state index in [4.69, 9.17) is 25.4 Å². The number of aliphatic carboxylic acids is 2. The summed E-state index contributed by atoms with van der Waals surface area (Å²) in [5, 5.41) is 37.6. The van der Waals surface area contributed by atoms with Crippen molar-refractivity contribution < 1.29 is 111 Å². The number of alkyl halides is 4. The Kier molecular flexibility index (Phi) is 57.2. The molecule has 0 unspecified atom stereocenters. The van der Waals surface area contributed by atoms with Crippen molar-refractivity contribution >= 4 is 256 Å². The molecule has 4 fully saturated rings. The fraction of sp³-hybridized carbons (Fsp3) is 0.368. The molecule has 8 N–H and O–H groups in total. The van der Waals surface area contributed by atoms with Gasteiger partial charge in [0.2, 0.25) is 32.7 Å². The molecule has 9 aromatic heterocycles. The number of rotatable bonds is 15. The topological polar surface area (TPSA) is 504 Å². The van der Waals surface area contributed by atoms with Gasteiger partial charge >= 0.3 is 24.1 Å². The number of imidazole rings is 1. The standard InChI is InChI=1S/C26H23F2N7O3.C16H14N4O3.C15H19F2N3O3.C10H11F2N3O.C10H16FNO4.C5H5FN2.C4H6N2.CH3ClO2S.2ClH.S4.S3.S2.H2S/c1-14(36)25-20-7-16(17-9-29-15(2)30-10-17)3-5-21(20)35(33-25)13-24(37)34-12-19(28)8-22(34)26(38)32-23-6-4-18(27)11-31-23;1-9(21)16-13-5-11(12-6-17-10(2)18-7-12)3-4-14(13)20(19-16)8-15(22)23;1-15(2,3)23-14(22)20-8-10(17)6-11(20)13(21)19-12-5-4-9(16)7-18-12;11-6-1-2-9(14-4-6)15-10(16)8-3-7(12)5-13-8;1-10(2,3)16-9(15)12-5-6(11)4-7(12)8(13)14;6-4-1-2-5(7)8-3-4;1-6-3-2-5-4-6;1-5(2,3)4;;;1-3-4-2;1-3-2;1-2;/h3-7,9-11,19,22H,8,12-13H2,1-2H3,(H,31,32,38);3-7H,8H2,1-2H3,(H,22,23);4-5,7,10-11H,6,8H2,1-3H3,(H,18,19,21);1-2,4,7-8,13H,3,5H2,(H,14,15,16);6-7H,4-5H2,1-3H3,(H,13,14);1-3H,(H2,7,8);2-4H,1H3;1H3;2*1H;;;;1H2/t19-,22+;;10-,11+;7-,8+;6-,7+;;;;;;;;;/m1.111........./s1. The zero-order chi connectivity index (χ0) is 108. The number of carboxylic acids is 2. The minimum atomic E-state index is -3.19. The molecule has 147 heavy (non-hydrogen) atoms. The zero-order valence-electron chi connectivity index (χ0n) is 79.7. The number of halogens is 11. The maximum atomic E-state index is 14.4. The number of aromatic nitrogens is 14. The van der Waals surface area contributed by atoms with Crippen LogP contribution < -0.4 is 27.0 Å². The lowest BCUT2D eigenvalue weighted by atomic mass is 10.0. The molecule has 38 nitrogen and oxygen atoms in total. The Labute approximate surface area is 900 Å². The first kappa shape index (κ1) is 131. The van der Waals surface area contributed by atoms with Crippen LogP contribution in [0.4, 0.5) is 68.0 Å². The highest BCUT2D eigenvalue weighted by Crippen LogP contribution is 2.32. The van der Waals surface area contributed by atoms with Gasteiger partial charge in [0.15, 0.2) is 11.6 Å². The maximum absolute atomic E-state index is 14.4. The average molecular weight is 2320 g/mol. The van der Waals surface area contributed by atoms with Gasteiger partial charge in [-0.3, -0.25) is 52.7 Å². The lowest BCUT2D eigenvalue weighted by molar-refractivity contribution is -0.142. The number of carboxylic acid groups (broad SMARTS) is 2. The minimum absolute atomic E-state index is 0. The Hall–Kier alpha value is -11.6. The van der Waals surface area contributed by atoms with Crippen molar-refractivity contribution in [2.24, 2.45) is 7.05 Å². The Morgan fingerprint density at radius 3 is 1.18 bits per heavy atom. The maximum Gasteiger partial charge on any atom is 0.411 e. The van der Waals surface area contributed by atoms with Crippen molar-refractivity contribution in [3.63, 3.8) is 0 Å². The fourth-order valence-corrected chi connectivity index (χ4v) is 12.9. The van der Waals surface area contributed by atoms with Crippen LogP contribution in [-0.2, 0) is 161 Å². The largest absolute Gasteiger partial charge is 0.480 e. The average Bonchev–Trinajstić information content (AvgIpc) is 1.63. The summed E-state index contributed by atoms with van der Waals surface area (Å²) in [6, 6.07) is 17.1. The number of aryl methyl sites for hydroxylation is 3. The number of nitrogens with one attached hydrogen (secondary N) is 4. The summed E-state index contributed by atoms with van der Waals surface area (Å²) in [5.41, 5.74) is 8.47. The summed E-state index contributed by atoms with van der Waals surface area (Å²) in [5.74, 6) is -4.63. The van der Waals surface area contributed by atoms with Crippen LogP contribution >= 0.6 is 49.0 Å². The van der Waals surface area contributed by atoms with Crippen molar-refractivity contribution in [1.29, 1.82) is 0 Å². The molecular formula is C87H101Cl3F8N22O16S11. The number of nitrogens with two attached hydrogens (primary N) is 1. The predicted molar refractivity (Wildman–Crippen MR) is 567 cm³/mol. The summed E-state index contributed by atoms with van der Waals surface area (Å²) in [6.45, 7) is 15.4. The quantitative estimate of drug-likeness (QED) is 0.0285. The van der Waals surface area contributed by atoms with E-state index >= 15 is 0 Å². The highest BCUT2D eigenvalue weighted by molar-refractivity contribution is 8.51.